The fraction of sp³-hybridized carbons (Fsp3) is 0.500. The molecular formula is C24H29F4N3O3. The van der Waals surface area contributed by atoms with E-state index in [9.17, 15) is 22.4 Å². The van der Waals surface area contributed by atoms with Gasteiger partial charge in [0.25, 0.3) is 0 Å². The minimum Gasteiger partial charge on any atom is -0.406 e. The highest BCUT2D eigenvalue weighted by Gasteiger charge is 2.31. The third-order valence-corrected chi connectivity index (χ3v) is 5.03. The fourth-order valence-electron chi connectivity index (χ4n) is 3.54. The van der Waals surface area contributed by atoms with Gasteiger partial charge in [-0.1, -0.05) is 32.9 Å². The molecule has 1 aromatic heterocycles. The van der Waals surface area contributed by atoms with Crippen LogP contribution in [-0.4, -0.2) is 36.9 Å². The Balaban J connectivity index is 1.77. The van der Waals surface area contributed by atoms with Gasteiger partial charge in [-0.3, -0.25) is 4.79 Å². The van der Waals surface area contributed by atoms with E-state index in [0.717, 1.165) is 12.1 Å². The van der Waals surface area contributed by atoms with Crippen LogP contribution in [0.15, 0.2) is 30.3 Å². The summed E-state index contributed by atoms with van der Waals surface area (Å²) in [5, 5.41) is 2.55. The van der Waals surface area contributed by atoms with Crippen molar-refractivity contribution in [1.29, 1.82) is 0 Å². The van der Waals surface area contributed by atoms with Crippen molar-refractivity contribution in [3.05, 3.63) is 47.4 Å². The molecule has 1 aromatic carbocycles. The van der Waals surface area contributed by atoms with Gasteiger partial charge in [0.1, 0.15) is 11.6 Å². The lowest BCUT2D eigenvalue weighted by atomic mass is 9.92. The zero-order chi connectivity index (χ0) is 26.9. The number of carbonyl (C=O) groups excluding carboxylic acids is 1. The SMILES string of the molecule is [2H]C1([2H])CO[C@@H](c2ccc(OC(F)(F)F)cc2)CCN1c1cc(C)c(NC(=O)CC(C)(C)C)c(F)n1. The van der Waals surface area contributed by atoms with Crippen LogP contribution in [0.4, 0.5) is 29.1 Å². The molecule has 0 bridgehead atoms. The smallest absolute Gasteiger partial charge is 0.406 e. The molecular weight excluding hydrogens is 454 g/mol. The Morgan fingerprint density at radius 3 is 2.56 bits per heavy atom. The molecule has 6 nitrogen and oxygen atoms in total. The number of carbonyl (C=O) groups is 1. The zero-order valence-electron chi connectivity index (χ0n) is 21.4. The Bertz CT molecular complexity index is 1070. The van der Waals surface area contributed by atoms with Crippen molar-refractivity contribution < 1.29 is 34.6 Å². The van der Waals surface area contributed by atoms with E-state index in [2.05, 4.69) is 15.0 Å². The molecule has 1 fully saturated rings. The number of nitrogens with one attached hydrogen (secondary N) is 1. The van der Waals surface area contributed by atoms with Crippen LogP contribution in [0.25, 0.3) is 0 Å². The first-order valence-corrected chi connectivity index (χ1v) is 10.8. The van der Waals surface area contributed by atoms with Crippen LogP contribution in [-0.2, 0) is 9.53 Å². The highest BCUT2D eigenvalue weighted by Crippen LogP contribution is 2.30. The maximum atomic E-state index is 14.9. The lowest BCUT2D eigenvalue weighted by Gasteiger charge is -2.23. The topological polar surface area (TPSA) is 63.7 Å². The Morgan fingerprint density at radius 1 is 1.29 bits per heavy atom. The number of nitrogens with zero attached hydrogens (tertiary/aromatic N) is 2. The number of hydrogen-bond donors (Lipinski definition) is 1. The number of amides is 1. The van der Waals surface area contributed by atoms with Gasteiger partial charge in [-0.15, -0.1) is 13.2 Å². The maximum absolute atomic E-state index is 14.9. The van der Waals surface area contributed by atoms with Crippen LogP contribution >= 0.6 is 0 Å². The summed E-state index contributed by atoms with van der Waals surface area (Å²) in [7, 11) is 0. The molecule has 2 heterocycles. The molecule has 0 spiro atoms. The first-order valence-electron chi connectivity index (χ1n) is 11.8. The molecule has 1 aliphatic rings. The van der Waals surface area contributed by atoms with Gasteiger partial charge in [-0.25, -0.2) is 4.98 Å². The molecule has 186 valence electrons. The minimum atomic E-state index is -4.80. The Kier molecular flexibility index (Phi) is 6.85. The van der Waals surface area contributed by atoms with E-state index < -0.39 is 24.9 Å². The Labute approximate surface area is 199 Å². The highest BCUT2D eigenvalue weighted by molar-refractivity contribution is 5.92. The van der Waals surface area contributed by atoms with E-state index in [1.54, 1.807) is 6.92 Å². The number of hydrogen-bond acceptors (Lipinski definition) is 5. The number of rotatable bonds is 5. The van der Waals surface area contributed by atoms with Crippen molar-refractivity contribution in [3.8, 4) is 5.75 Å². The summed E-state index contributed by atoms with van der Waals surface area (Å²) in [4.78, 5) is 17.5. The van der Waals surface area contributed by atoms with Crippen LogP contribution in [0.1, 0.15) is 53.6 Å². The molecule has 0 saturated carbocycles. The van der Waals surface area contributed by atoms with E-state index in [1.807, 2.05) is 20.8 Å². The molecule has 0 radical (unpaired) electrons. The molecule has 1 N–H and O–H groups in total. The largest absolute Gasteiger partial charge is 0.573 e. The average molecular weight is 486 g/mol. The van der Waals surface area contributed by atoms with Crippen LogP contribution in [0, 0.1) is 18.3 Å². The zero-order valence-corrected chi connectivity index (χ0v) is 19.4. The molecule has 10 heteroatoms. The molecule has 1 saturated heterocycles. The number of anilines is 2. The van der Waals surface area contributed by atoms with Crippen molar-refractivity contribution in [2.45, 2.75) is 53.0 Å². The molecule has 0 aliphatic carbocycles. The van der Waals surface area contributed by atoms with Crippen molar-refractivity contribution in [2.24, 2.45) is 5.41 Å². The lowest BCUT2D eigenvalue weighted by Crippen LogP contribution is -2.27. The Morgan fingerprint density at radius 2 is 1.97 bits per heavy atom. The van der Waals surface area contributed by atoms with Gasteiger partial charge in [0.05, 0.1) is 21.1 Å². The summed E-state index contributed by atoms with van der Waals surface area (Å²) in [6, 6.07) is 6.67. The van der Waals surface area contributed by atoms with Crippen LogP contribution in [0.2, 0.25) is 0 Å². The number of alkyl halides is 3. The van der Waals surface area contributed by atoms with E-state index in [4.69, 9.17) is 7.48 Å². The molecule has 3 rings (SSSR count). The van der Waals surface area contributed by atoms with Crippen molar-refractivity contribution >= 4 is 17.4 Å². The summed E-state index contributed by atoms with van der Waals surface area (Å²) >= 11 is 0. The number of ether oxygens (including phenoxy) is 2. The summed E-state index contributed by atoms with van der Waals surface area (Å²) in [5.41, 5.74) is 0.595. The van der Waals surface area contributed by atoms with Gasteiger partial charge in [0.2, 0.25) is 11.9 Å². The molecule has 0 unspecified atom stereocenters. The standard InChI is InChI=1S/C24H29F4N3O3/c1-15-13-19(29-22(25)21(15)30-20(32)14-23(2,3)4)31-10-9-18(33-12-11-31)16-5-7-17(8-6-16)34-24(26,27)28/h5-8,13,18H,9-12,14H2,1-4H3,(H,30,32)/t18-/m1/s1/i11D2. The monoisotopic (exact) mass is 485 g/mol. The molecule has 1 amide bonds. The van der Waals surface area contributed by atoms with Gasteiger partial charge in [0.15, 0.2) is 0 Å². The number of benzene rings is 1. The second-order valence-electron chi connectivity index (χ2n) is 9.26. The van der Waals surface area contributed by atoms with Crippen LogP contribution in [0.5, 0.6) is 5.75 Å². The van der Waals surface area contributed by atoms with Crippen molar-refractivity contribution in [1.82, 2.24) is 4.98 Å². The summed E-state index contributed by atoms with van der Waals surface area (Å²) < 4.78 is 78.6. The molecule has 1 aliphatic heterocycles. The number of aryl methyl sites for hydroxylation is 1. The van der Waals surface area contributed by atoms with Gasteiger partial charge in [0, 0.05) is 19.5 Å². The highest BCUT2D eigenvalue weighted by atomic mass is 19.4. The Hall–Kier alpha value is -2.88. The fourth-order valence-corrected chi connectivity index (χ4v) is 3.54. The summed E-state index contributed by atoms with van der Waals surface area (Å²) in [6.07, 6.45) is -4.95. The van der Waals surface area contributed by atoms with E-state index in [1.165, 1.54) is 23.1 Å². The van der Waals surface area contributed by atoms with E-state index in [0.29, 0.717) is 11.1 Å². The van der Waals surface area contributed by atoms with Gasteiger partial charge >= 0.3 is 6.36 Å². The third-order valence-electron chi connectivity index (χ3n) is 5.03. The van der Waals surface area contributed by atoms with E-state index in [-0.39, 0.29) is 54.6 Å². The lowest BCUT2D eigenvalue weighted by molar-refractivity contribution is -0.274. The van der Waals surface area contributed by atoms with Gasteiger partial charge < -0.3 is 19.7 Å². The van der Waals surface area contributed by atoms with Crippen molar-refractivity contribution in [3.63, 3.8) is 0 Å². The van der Waals surface area contributed by atoms with Crippen molar-refractivity contribution in [2.75, 3.05) is 29.9 Å². The summed E-state index contributed by atoms with van der Waals surface area (Å²) in [6.45, 7) is 4.93. The second kappa shape index (κ2) is 10.2. The summed E-state index contributed by atoms with van der Waals surface area (Å²) in [5.74, 6) is -1.61. The predicted octanol–water partition coefficient (Wildman–Crippen LogP) is 5.77. The third kappa shape index (κ3) is 7.31. The van der Waals surface area contributed by atoms with Gasteiger partial charge in [-0.05, 0) is 48.1 Å². The van der Waals surface area contributed by atoms with Crippen LogP contribution < -0.4 is 15.0 Å². The number of pyridine rings is 1. The second-order valence-corrected chi connectivity index (χ2v) is 9.26. The number of halogens is 4. The first kappa shape index (κ1) is 22.9. The molecule has 2 aromatic rings. The minimum absolute atomic E-state index is 0.0435. The molecule has 1 atom stereocenters. The quantitative estimate of drug-likeness (QED) is 0.430. The first-order chi connectivity index (χ1) is 16.5. The average Bonchev–Trinajstić information content (AvgIpc) is 2.87. The predicted molar refractivity (Wildman–Crippen MR) is 120 cm³/mol. The molecule has 34 heavy (non-hydrogen) atoms. The number of aromatic nitrogens is 1. The van der Waals surface area contributed by atoms with E-state index >= 15 is 0 Å². The van der Waals surface area contributed by atoms with Gasteiger partial charge in [-0.2, -0.15) is 4.39 Å². The normalized spacial score (nSPS) is 19.6. The maximum Gasteiger partial charge on any atom is 0.573 e. The van der Waals surface area contributed by atoms with Crippen LogP contribution in [0.3, 0.4) is 0 Å².